The quantitative estimate of drug-likeness (QED) is 0.121. The van der Waals surface area contributed by atoms with Gasteiger partial charge in [0.1, 0.15) is 0 Å². The Morgan fingerprint density at radius 2 is 0.388 bits per heavy atom. The Labute approximate surface area is 576 Å². The first-order chi connectivity index (χ1) is 48.5. The van der Waals surface area contributed by atoms with E-state index in [1.165, 1.54) is 84.9 Å². The third kappa shape index (κ3) is 11.9. The van der Waals surface area contributed by atoms with Gasteiger partial charge in [-0.3, -0.25) is 0 Å². The molecule has 0 aliphatic rings. The molecule has 4 heterocycles. The van der Waals surface area contributed by atoms with E-state index in [0.29, 0.717) is 34.9 Å². The van der Waals surface area contributed by atoms with Gasteiger partial charge in [0.05, 0.1) is 0 Å². The molecule has 18 rings (SSSR count). The smallest absolute Gasteiger partial charge is 0.165 e. The van der Waals surface area contributed by atoms with Crippen LogP contribution < -0.4 is 0 Å². The van der Waals surface area contributed by atoms with Gasteiger partial charge in [0.15, 0.2) is 34.9 Å². The first kappa shape index (κ1) is 59.3. The zero-order valence-electron chi connectivity index (χ0n) is 53.0. The second kappa shape index (κ2) is 26.4. The zero-order chi connectivity index (χ0) is 65.1. The fourth-order valence-electron chi connectivity index (χ4n) is 13.0. The van der Waals surface area contributed by atoms with Gasteiger partial charge in [0.2, 0.25) is 0 Å². The van der Waals surface area contributed by atoms with E-state index >= 15 is 0 Å². The summed E-state index contributed by atoms with van der Waals surface area (Å²) in [4.78, 5) is 30.2. The number of fused-ring (bicyclic) bond motifs is 6. The molecule has 0 aliphatic carbocycles. The van der Waals surface area contributed by atoms with Gasteiger partial charge in [-0.2, -0.15) is 0 Å². The summed E-state index contributed by atoms with van der Waals surface area (Å²) in [5.74, 6) is 3.99. The van der Waals surface area contributed by atoms with Gasteiger partial charge in [-0.05, 0) is 97.1 Å². The maximum absolute atomic E-state index is 5.08. The lowest BCUT2D eigenvalue weighted by atomic mass is 9.93. The molecular formula is C90H58N6S2. The van der Waals surface area contributed by atoms with E-state index in [0.717, 1.165) is 55.6 Å². The average molecular weight is 1290 g/mol. The van der Waals surface area contributed by atoms with E-state index in [2.05, 4.69) is 291 Å². The fourth-order valence-corrected chi connectivity index (χ4v) is 15.4. The molecule has 98 heavy (non-hydrogen) atoms. The second-order valence-electron chi connectivity index (χ2n) is 24.1. The lowest BCUT2D eigenvalue weighted by Crippen LogP contribution is -2.00. The summed E-state index contributed by atoms with van der Waals surface area (Å²) >= 11 is 3.57. The Kier molecular flexibility index (Phi) is 16.0. The van der Waals surface area contributed by atoms with Crippen LogP contribution in [0.1, 0.15) is 0 Å². The largest absolute Gasteiger partial charge is 0.208 e. The third-order valence-electron chi connectivity index (χ3n) is 18.0. The lowest BCUT2D eigenvalue weighted by Gasteiger charge is -2.11. The molecule has 4 aromatic heterocycles. The van der Waals surface area contributed by atoms with Gasteiger partial charge >= 0.3 is 0 Å². The van der Waals surface area contributed by atoms with Crippen LogP contribution in [-0.2, 0) is 0 Å². The minimum Gasteiger partial charge on any atom is -0.208 e. The molecule has 0 fully saturated rings. The molecular weight excluding hydrogens is 1230 g/mol. The molecule has 0 atom stereocenters. The lowest BCUT2D eigenvalue weighted by molar-refractivity contribution is 1.08. The van der Waals surface area contributed by atoms with Gasteiger partial charge < -0.3 is 0 Å². The highest BCUT2D eigenvalue weighted by atomic mass is 32.1. The molecule has 0 amide bonds. The summed E-state index contributed by atoms with van der Waals surface area (Å²) in [5.41, 5.74) is 20.1. The monoisotopic (exact) mass is 1290 g/mol. The number of nitrogens with zero attached hydrogens (tertiary/aromatic N) is 6. The van der Waals surface area contributed by atoms with Crippen molar-refractivity contribution in [1.29, 1.82) is 0 Å². The van der Waals surface area contributed by atoms with E-state index in [4.69, 9.17) is 29.9 Å². The number of benzene rings is 14. The predicted octanol–water partition coefficient (Wildman–Crippen LogP) is 24.5. The van der Waals surface area contributed by atoms with Crippen LogP contribution in [-0.4, -0.2) is 29.9 Å². The van der Waals surface area contributed by atoms with Crippen LogP contribution in [0, 0.1) is 0 Å². The molecule has 0 unspecified atom stereocenters. The molecule has 0 saturated carbocycles. The Bertz CT molecular complexity index is 5880. The highest BCUT2D eigenvalue weighted by Gasteiger charge is 2.20. The van der Waals surface area contributed by atoms with Crippen LogP contribution >= 0.6 is 22.7 Å². The predicted molar refractivity (Wildman–Crippen MR) is 411 cm³/mol. The summed E-state index contributed by atoms with van der Waals surface area (Å²) in [7, 11) is 0. The number of hydrogen-bond donors (Lipinski definition) is 0. The molecule has 0 saturated heterocycles. The van der Waals surface area contributed by atoms with Crippen LogP contribution in [0.15, 0.2) is 352 Å². The van der Waals surface area contributed by atoms with Gasteiger partial charge in [-0.1, -0.05) is 322 Å². The number of aromatic nitrogens is 6. The van der Waals surface area contributed by atoms with E-state index in [1.807, 2.05) is 60.7 Å². The van der Waals surface area contributed by atoms with Crippen molar-refractivity contribution in [3.05, 3.63) is 352 Å². The first-order valence-electron chi connectivity index (χ1n) is 32.7. The van der Waals surface area contributed by atoms with Crippen molar-refractivity contribution in [1.82, 2.24) is 29.9 Å². The maximum Gasteiger partial charge on any atom is 0.165 e. The van der Waals surface area contributed by atoms with Crippen molar-refractivity contribution >= 4 is 63.0 Å². The Hall–Kier alpha value is -12.5. The van der Waals surface area contributed by atoms with Crippen molar-refractivity contribution in [2.45, 2.75) is 0 Å². The van der Waals surface area contributed by atoms with Gasteiger partial charge in [0, 0.05) is 73.7 Å². The third-order valence-corrected chi connectivity index (χ3v) is 20.4. The summed E-state index contributed by atoms with van der Waals surface area (Å²) in [6.45, 7) is 0. The van der Waals surface area contributed by atoms with Crippen molar-refractivity contribution in [3.63, 3.8) is 0 Å². The van der Waals surface area contributed by atoms with Crippen LogP contribution in [0.3, 0.4) is 0 Å². The van der Waals surface area contributed by atoms with Gasteiger partial charge in [0.25, 0.3) is 0 Å². The Morgan fingerprint density at radius 1 is 0.153 bits per heavy atom. The maximum atomic E-state index is 5.08. The molecule has 6 nitrogen and oxygen atoms in total. The second-order valence-corrected chi connectivity index (χ2v) is 26.2. The molecule has 460 valence electrons. The standard InChI is InChI=1S/2C45H29N3S/c1-3-11-30(12-4-1)36-15-9-16-37(29-36)33-23-21-31(22-24-33)32-25-27-35(28-26-32)44-46-43(34-13-5-2-6-14-34)47-45(48-44)40-19-10-18-39-38-17-7-8-20-41(38)49-42(39)40;1-3-12-32(13-4-1)36-16-7-8-17-37(36)33-26-22-30(23-27-33)31-24-28-35(29-25-31)44-46-43(34-14-5-2-6-15-34)47-45(48-44)40-20-11-19-39-38-18-9-10-21-41(38)49-42(39)40/h2*1-29H. The zero-order valence-corrected chi connectivity index (χ0v) is 54.6. The molecule has 0 bridgehead atoms. The van der Waals surface area contributed by atoms with Crippen LogP contribution in [0.25, 0.3) is 175 Å². The summed E-state index contributed by atoms with van der Waals surface area (Å²) in [6, 6.07) is 123. The molecule has 0 N–H and O–H groups in total. The van der Waals surface area contributed by atoms with Crippen LogP contribution in [0.4, 0.5) is 0 Å². The van der Waals surface area contributed by atoms with E-state index < -0.39 is 0 Å². The molecule has 0 aliphatic heterocycles. The minimum absolute atomic E-state index is 0.654. The first-order valence-corrected chi connectivity index (χ1v) is 34.4. The van der Waals surface area contributed by atoms with Crippen LogP contribution in [0.5, 0.6) is 0 Å². The number of thiophene rings is 2. The topological polar surface area (TPSA) is 77.3 Å². The molecule has 0 spiro atoms. The highest BCUT2D eigenvalue weighted by molar-refractivity contribution is 7.26. The Balaban J connectivity index is 0.000000147. The van der Waals surface area contributed by atoms with Crippen molar-refractivity contribution < 1.29 is 0 Å². The van der Waals surface area contributed by atoms with Gasteiger partial charge in [-0.25, -0.2) is 29.9 Å². The normalized spacial score (nSPS) is 11.3. The number of rotatable bonds is 12. The molecule has 8 heteroatoms. The summed E-state index contributed by atoms with van der Waals surface area (Å²) in [6.07, 6.45) is 0. The minimum atomic E-state index is 0.654. The fraction of sp³-hybridized carbons (Fsp3) is 0. The van der Waals surface area contributed by atoms with Crippen molar-refractivity contribution in [2.75, 3.05) is 0 Å². The van der Waals surface area contributed by atoms with Gasteiger partial charge in [-0.15, -0.1) is 22.7 Å². The molecule has 18 aromatic rings. The Morgan fingerprint density at radius 3 is 0.786 bits per heavy atom. The average Bonchev–Trinajstić information content (AvgIpc) is 1.57. The molecule has 0 radical (unpaired) electrons. The van der Waals surface area contributed by atoms with Crippen molar-refractivity contribution in [3.8, 4) is 135 Å². The summed E-state index contributed by atoms with van der Waals surface area (Å²) in [5, 5.41) is 4.96. The number of hydrogen-bond acceptors (Lipinski definition) is 8. The van der Waals surface area contributed by atoms with Crippen LogP contribution in [0.2, 0.25) is 0 Å². The highest BCUT2D eigenvalue weighted by Crippen LogP contribution is 2.43. The van der Waals surface area contributed by atoms with E-state index in [-0.39, 0.29) is 0 Å². The van der Waals surface area contributed by atoms with E-state index in [1.54, 1.807) is 22.7 Å². The molecule has 14 aromatic carbocycles. The van der Waals surface area contributed by atoms with Crippen molar-refractivity contribution in [2.24, 2.45) is 0 Å². The summed E-state index contributed by atoms with van der Waals surface area (Å²) < 4.78 is 4.88. The van der Waals surface area contributed by atoms with E-state index in [9.17, 15) is 0 Å². The SMILES string of the molecule is c1ccc(-c2cccc(-c3ccc(-c4ccc(-c5nc(-c6ccccc6)nc(-c6cccc7c6sc6ccccc67)n5)cc4)cc3)c2)cc1.c1ccc(-c2nc(-c3ccc(-c4ccc(-c5ccccc5-c5ccccc5)cc4)cc3)nc(-c3cccc4c3sc3ccccc34)n2)cc1.